The summed E-state index contributed by atoms with van der Waals surface area (Å²) in [5.74, 6) is -1.96. The Hall–Kier alpha value is -1.56. The molecule has 0 atom stereocenters. The number of methoxy groups -OCH3 is 1. The normalized spacial score (nSPS) is 10.0. The van der Waals surface area contributed by atoms with Gasteiger partial charge < -0.3 is 9.84 Å². The Bertz CT molecular complexity index is 433. The monoisotopic (exact) mass is 258 g/mol. The number of esters is 1. The summed E-state index contributed by atoms with van der Waals surface area (Å²) in [5.41, 5.74) is -0.368. The highest BCUT2D eigenvalue weighted by atomic mass is 32.2. The Kier molecular flexibility index (Phi) is 4.96. The predicted molar refractivity (Wildman–Crippen MR) is 60.7 cm³/mol. The molecule has 0 aromatic heterocycles. The highest BCUT2D eigenvalue weighted by Crippen LogP contribution is 2.21. The average molecular weight is 258 g/mol. The van der Waals surface area contributed by atoms with Crippen LogP contribution < -0.4 is 0 Å². The van der Waals surface area contributed by atoms with Gasteiger partial charge in [-0.1, -0.05) is 0 Å². The van der Waals surface area contributed by atoms with Gasteiger partial charge in [0.1, 0.15) is 5.82 Å². The van der Waals surface area contributed by atoms with Crippen LogP contribution in [0.1, 0.15) is 16.8 Å². The summed E-state index contributed by atoms with van der Waals surface area (Å²) in [6.07, 6.45) is 0.223. The van der Waals surface area contributed by atoms with Gasteiger partial charge in [0, 0.05) is 10.6 Å². The Balaban J connectivity index is 2.63. The van der Waals surface area contributed by atoms with Gasteiger partial charge in [0.25, 0.3) is 0 Å². The van der Waals surface area contributed by atoms with E-state index in [0.717, 1.165) is 6.07 Å². The topological polar surface area (TPSA) is 63.6 Å². The molecule has 0 aliphatic rings. The standard InChI is InChI=1S/C11H11FO4S/c1-16-10(13)4-5-17-7-2-3-9(12)8(6-7)11(14)15/h2-3,6H,4-5H2,1H3,(H,14,15). The van der Waals surface area contributed by atoms with Crippen molar-refractivity contribution in [3.63, 3.8) is 0 Å². The Labute approximate surface area is 102 Å². The molecule has 1 aromatic rings. The second-order valence-corrected chi connectivity index (χ2v) is 4.29. The van der Waals surface area contributed by atoms with Gasteiger partial charge in [-0.05, 0) is 18.2 Å². The summed E-state index contributed by atoms with van der Waals surface area (Å²) >= 11 is 1.27. The van der Waals surface area contributed by atoms with Crippen molar-refractivity contribution in [2.45, 2.75) is 11.3 Å². The summed E-state index contributed by atoms with van der Waals surface area (Å²) in [7, 11) is 1.30. The third-order valence-corrected chi connectivity index (χ3v) is 2.97. The number of carboxylic acids is 1. The van der Waals surface area contributed by atoms with Crippen LogP contribution in [0, 0.1) is 5.82 Å². The molecule has 0 aliphatic heterocycles. The van der Waals surface area contributed by atoms with Crippen LogP contribution in [0.15, 0.2) is 23.1 Å². The van der Waals surface area contributed by atoms with Crippen molar-refractivity contribution in [3.8, 4) is 0 Å². The molecular formula is C11H11FO4S. The zero-order chi connectivity index (χ0) is 12.8. The lowest BCUT2D eigenvalue weighted by Gasteiger charge is -2.03. The second kappa shape index (κ2) is 6.24. The molecule has 0 spiro atoms. The van der Waals surface area contributed by atoms with Gasteiger partial charge in [0.05, 0.1) is 19.1 Å². The molecule has 0 amide bonds. The van der Waals surface area contributed by atoms with Crippen molar-refractivity contribution in [2.75, 3.05) is 12.9 Å². The van der Waals surface area contributed by atoms with Gasteiger partial charge in [-0.15, -0.1) is 11.8 Å². The van der Waals surface area contributed by atoms with E-state index in [9.17, 15) is 14.0 Å². The van der Waals surface area contributed by atoms with Crippen molar-refractivity contribution < 1.29 is 23.8 Å². The van der Waals surface area contributed by atoms with Crippen molar-refractivity contribution in [1.82, 2.24) is 0 Å². The zero-order valence-corrected chi connectivity index (χ0v) is 9.92. The van der Waals surface area contributed by atoms with E-state index in [4.69, 9.17) is 5.11 Å². The Morgan fingerprint density at radius 2 is 2.18 bits per heavy atom. The SMILES string of the molecule is COC(=O)CCSc1ccc(F)c(C(=O)O)c1. The number of rotatable bonds is 5. The summed E-state index contributed by atoms with van der Waals surface area (Å²) in [4.78, 5) is 22.1. The molecule has 0 heterocycles. The van der Waals surface area contributed by atoms with Crippen LogP contribution in [-0.2, 0) is 9.53 Å². The number of carbonyl (C=O) groups is 2. The number of aromatic carboxylic acids is 1. The number of hydrogen-bond donors (Lipinski definition) is 1. The lowest BCUT2D eigenvalue weighted by atomic mass is 10.2. The van der Waals surface area contributed by atoms with Crippen LogP contribution in [0.5, 0.6) is 0 Å². The fraction of sp³-hybridized carbons (Fsp3) is 0.273. The van der Waals surface area contributed by atoms with E-state index in [0.29, 0.717) is 10.6 Å². The molecule has 0 unspecified atom stereocenters. The van der Waals surface area contributed by atoms with Gasteiger partial charge >= 0.3 is 11.9 Å². The number of ether oxygens (including phenoxy) is 1. The van der Waals surface area contributed by atoms with E-state index < -0.39 is 11.8 Å². The lowest BCUT2D eigenvalue weighted by Crippen LogP contribution is -2.02. The van der Waals surface area contributed by atoms with Crippen LogP contribution in [0.25, 0.3) is 0 Å². The fourth-order valence-electron chi connectivity index (χ4n) is 1.11. The molecule has 0 fully saturated rings. The smallest absolute Gasteiger partial charge is 0.338 e. The van der Waals surface area contributed by atoms with E-state index in [2.05, 4.69) is 4.74 Å². The summed E-state index contributed by atoms with van der Waals surface area (Å²) in [6.45, 7) is 0. The first kappa shape index (κ1) is 13.5. The summed E-state index contributed by atoms with van der Waals surface area (Å²) < 4.78 is 17.5. The first-order valence-electron chi connectivity index (χ1n) is 4.77. The second-order valence-electron chi connectivity index (χ2n) is 3.12. The molecular weight excluding hydrogens is 247 g/mol. The van der Waals surface area contributed by atoms with Gasteiger partial charge in [-0.3, -0.25) is 4.79 Å². The number of hydrogen-bond acceptors (Lipinski definition) is 4. The number of thioether (sulfide) groups is 1. The molecule has 0 radical (unpaired) electrons. The Morgan fingerprint density at radius 1 is 1.47 bits per heavy atom. The molecule has 6 heteroatoms. The molecule has 0 saturated heterocycles. The highest BCUT2D eigenvalue weighted by Gasteiger charge is 2.11. The van der Waals surface area contributed by atoms with Gasteiger partial charge in [-0.25, -0.2) is 9.18 Å². The quantitative estimate of drug-likeness (QED) is 0.647. The van der Waals surface area contributed by atoms with Crippen molar-refractivity contribution in [3.05, 3.63) is 29.6 Å². The van der Waals surface area contributed by atoms with Crippen LogP contribution in [0.3, 0.4) is 0 Å². The highest BCUT2D eigenvalue weighted by molar-refractivity contribution is 7.99. The zero-order valence-electron chi connectivity index (χ0n) is 9.10. The number of benzene rings is 1. The average Bonchev–Trinajstić information content (AvgIpc) is 2.30. The van der Waals surface area contributed by atoms with Crippen molar-refractivity contribution in [1.29, 1.82) is 0 Å². The van der Waals surface area contributed by atoms with Gasteiger partial charge in [-0.2, -0.15) is 0 Å². The third-order valence-electron chi connectivity index (χ3n) is 1.97. The molecule has 1 N–H and O–H groups in total. The maximum Gasteiger partial charge on any atom is 0.338 e. The lowest BCUT2D eigenvalue weighted by molar-refractivity contribution is -0.140. The van der Waals surface area contributed by atoms with Crippen LogP contribution >= 0.6 is 11.8 Å². The largest absolute Gasteiger partial charge is 0.478 e. The van der Waals surface area contributed by atoms with E-state index in [1.54, 1.807) is 0 Å². The maximum atomic E-state index is 13.1. The minimum Gasteiger partial charge on any atom is -0.478 e. The predicted octanol–water partition coefficient (Wildman–Crippen LogP) is 2.18. The maximum absolute atomic E-state index is 13.1. The third kappa shape index (κ3) is 4.07. The van der Waals surface area contributed by atoms with E-state index in [1.165, 1.54) is 31.0 Å². The van der Waals surface area contributed by atoms with E-state index >= 15 is 0 Å². The molecule has 92 valence electrons. The van der Waals surface area contributed by atoms with Crippen LogP contribution in [-0.4, -0.2) is 29.9 Å². The molecule has 0 aliphatic carbocycles. The summed E-state index contributed by atoms with van der Waals surface area (Å²) in [5, 5.41) is 8.72. The molecule has 1 aromatic carbocycles. The molecule has 0 bridgehead atoms. The van der Waals surface area contributed by atoms with E-state index in [-0.39, 0.29) is 18.0 Å². The van der Waals surface area contributed by atoms with Crippen LogP contribution in [0.2, 0.25) is 0 Å². The van der Waals surface area contributed by atoms with Gasteiger partial charge in [0.2, 0.25) is 0 Å². The van der Waals surface area contributed by atoms with Gasteiger partial charge in [0.15, 0.2) is 0 Å². The number of halogens is 1. The number of carboxylic acid groups (broad SMARTS) is 1. The molecule has 4 nitrogen and oxygen atoms in total. The number of carbonyl (C=O) groups excluding carboxylic acids is 1. The van der Waals surface area contributed by atoms with Crippen molar-refractivity contribution in [2.24, 2.45) is 0 Å². The molecule has 17 heavy (non-hydrogen) atoms. The first-order chi connectivity index (χ1) is 8.04. The van der Waals surface area contributed by atoms with E-state index in [1.807, 2.05) is 0 Å². The van der Waals surface area contributed by atoms with Crippen molar-refractivity contribution >= 4 is 23.7 Å². The summed E-state index contributed by atoms with van der Waals surface area (Å²) in [6, 6.07) is 3.83. The molecule has 0 saturated carbocycles. The first-order valence-corrected chi connectivity index (χ1v) is 5.75. The Morgan fingerprint density at radius 3 is 2.76 bits per heavy atom. The molecule has 1 rings (SSSR count). The fourth-order valence-corrected chi connectivity index (χ4v) is 1.98. The van der Waals surface area contributed by atoms with Crippen LogP contribution in [0.4, 0.5) is 4.39 Å². The minimum absolute atomic E-state index is 0.223. The minimum atomic E-state index is -1.31.